The van der Waals surface area contributed by atoms with E-state index in [9.17, 15) is 0 Å². The smallest absolute Gasteiger partial charge is 0.191 e. The first kappa shape index (κ1) is 19.9. The molecule has 4 rings (SSSR count). The van der Waals surface area contributed by atoms with Crippen LogP contribution in [0.4, 0.5) is 0 Å². The number of piperazine rings is 3. The molecule has 3 heterocycles. The molecular formula is C20H39N5O. The molecule has 2 N–H and O–H groups in total. The summed E-state index contributed by atoms with van der Waals surface area (Å²) in [4.78, 5) is 10.1. The van der Waals surface area contributed by atoms with Crippen LogP contribution >= 0.6 is 0 Å². The Bertz CT molecular complexity index is 430. The first-order chi connectivity index (χ1) is 12.8. The lowest BCUT2D eigenvalue weighted by Crippen LogP contribution is -2.62. The Morgan fingerprint density at radius 2 is 1.88 bits per heavy atom. The third-order valence-electron chi connectivity index (χ3n) is 6.22. The van der Waals surface area contributed by atoms with Crippen molar-refractivity contribution in [2.45, 2.75) is 58.1 Å². The van der Waals surface area contributed by atoms with Gasteiger partial charge in [0.25, 0.3) is 0 Å². The van der Waals surface area contributed by atoms with E-state index in [1.54, 1.807) is 0 Å². The van der Waals surface area contributed by atoms with Crippen molar-refractivity contribution in [2.75, 3.05) is 59.0 Å². The van der Waals surface area contributed by atoms with E-state index in [1.165, 1.54) is 58.4 Å². The van der Waals surface area contributed by atoms with E-state index in [0.29, 0.717) is 12.1 Å². The van der Waals surface area contributed by atoms with Crippen molar-refractivity contribution >= 4 is 5.96 Å². The Morgan fingerprint density at radius 3 is 2.50 bits per heavy atom. The van der Waals surface area contributed by atoms with Gasteiger partial charge in [0.2, 0.25) is 0 Å². The molecule has 26 heavy (non-hydrogen) atoms. The van der Waals surface area contributed by atoms with Gasteiger partial charge in [-0.3, -0.25) is 14.8 Å². The highest BCUT2D eigenvalue weighted by Crippen LogP contribution is 2.30. The fourth-order valence-electron chi connectivity index (χ4n) is 4.77. The van der Waals surface area contributed by atoms with Gasteiger partial charge >= 0.3 is 0 Å². The zero-order valence-corrected chi connectivity index (χ0v) is 16.9. The largest absolute Gasteiger partial charge is 0.378 e. The number of rotatable bonds is 9. The molecule has 1 aliphatic carbocycles. The second-order valence-corrected chi connectivity index (χ2v) is 7.96. The van der Waals surface area contributed by atoms with Gasteiger partial charge in [-0.25, -0.2) is 0 Å². The number of guanidine groups is 1. The topological polar surface area (TPSA) is 52.1 Å². The van der Waals surface area contributed by atoms with E-state index in [-0.39, 0.29) is 0 Å². The van der Waals surface area contributed by atoms with E-state index < -0.39 is 0 Å². The molecular weight excluding hydrogens is 326 g/mol. The third-order valence-corrected chi connectivity index (χ3v) is 6.22. The first-order valence-electron chi connectivity index (χ1n) is 10.9. The van der Waals surface area contributed by atoms with E-state index >= 15 is 0 Å². The maximum Gasteiger partial charge on any atom is 0.191 e. The average molecular weight is 366 g/mol. The summed E-state index contributed by atoms with van der Waals surface area (Å²) in [7, 11) is 0. The maximum absolute atomic E-state index is 6.04. The van der Waals surface area contributed by atoms with Gasteiger partial charge in [0.15, 0.2) is 5.96 Å². The summed E-state index contributed by atoms with van der Waals surface area (Å²) in [5.41, 5.74) is 0. The van der Waals surface area contributed by atoms with Crippen molar-refractivity contribution in [3.63, 3.8) is 0 Å². The van der Waals surface area contributed by atoms with Crippen LogP contribution in [0.15, 0.2) is 4.99 Å². The highest BCUT2D eigenvalue weighted by Gasteiger charge is 2.31. The lowest BCUT2D eigenvalue weighted by molar-refractivity contribution is 0.0166. The quantitative estimate of drug-likeness (QED) is 0.479. The second-order valence-electron chi connectivity index (χ2n) is 7.96. The summed E-state index contributed by atoms with van der Waals surface area (Å²) in [6.45, 7) is 13.9. The summed E-state index contributed by atoms with van der Waals surface area (Å²) in [6.07, 6.45) is 6.92. The van der Waals surface area contributed by atoms with E-state index in [2.05, 4.69) is 34.3 Å². The number of nitrogens with one attached hydrogen (secondary N) is 2. The average Bonchev–Trinajstić information content (AvgIpc) is 3.21. The molecule has 150 valence electrons. The Labute approximate surface area is 159 Å². The van der Waals surface area contributed by atoms with Crippen molar-refractivity contribution in [2.24, 2.45) is 10.9 Å². The molecule has 2 atom stereocenters. The van der Waals surface area contributed by atoms with Crippen molar-refractivity contribution in [1.82, 2.24) is 20.4 Å². The molecule has 0 spiro atoms. The maximum atomic E-state index is 6.04. The highest BCUT2D eigenvalue weighted by molar-refractivity contribution is 5.79. The Hall–Kier alpha value is -0.850. The molecule has 4 aliphatic rings. The zero-order valence-electron chi connectivity index (χ0n) is 16.9. The molecule has 0 aromatic carbocycles. The number of ether oxygens (including phenoxy) is 1. The molecule has 0 aromatic rings. The van der Waals surface area contributed by atoms with Crippen LogP contribution in [0.2, 0.25) is 0 Å². The van der Waals surface area contributed by atoms with Gasteiger partial charge in [0, 0.05) is 58.5 Å². The van der Waals surface area contributed by atoms with Crippen LogP contribution in [-0.4, -0.2) is 86.9 Å². The summed E-state index contributed by atoms with van der Waals surface area (Å²) in [5, 5.41) is 6.95. The molecule has 0 amide bonds. The number of fused-ring (bicyclic) bond motifs is 3. The van der Waals surface area contributed by atoms with Crippen molar-refractivity contribution in [1.29, 1.82) is 0 Å². The molecule has 3 aliphatic heterocycles. The molecule has 0 radical (unpaired) electrons. The molecule has 1 saturated carbocycles. The standard InChI is InChI=1S/C20H39N5O/c1-3-21-20(23-15-18-16-24-11-13-25(18)14-12-24)22-10-9-19(26-4-2)17-7-5-6-8-17/h17-19H,3-16H2,1-2H3,(H2,21,22,23). The van der Waals surface area contributed by atoms with E-state index in [1.807, 2.05) is 0 Å². The SMILES string of the molecule is CCNC(=NCC1CN2CCN1CC2)NCCC(OCC)C1CCCC1. The molecule has 3 saturated heterocycles. The van der Waals surface area contributed by atoms with Gasteiger partial charge in [0.05, 0.1) is 12.6 Å². The Morgan fingerprint density at radius 1 is 1.12 bits per heavy atom. The highest BCUT2D eigenvalue weighted by atomic mass is 16.5. The van der Waals surface area contributed by atoms with Gasteiger partial charge in [-0.1, -0.05) is 12.8 Å². The van der Waals surface area contributed by atoms with Crippen LogP contribution in [0.25, 0.3) is 0 Å². The predicted octanol–water partition coefficient (Wildman–Crippen LogP) is 1.53. The minimum atomic E-state index is 0.408. The fourth-order valence-corrected chi connectivity index (χ4v) is 4.77. The van der Waals surface area contributed by atoms with Gasteiger partial charge in [-0.15, -0.1) is 0 Å². The predicted molar refractivity (Wildman–Crippen MR) is 108 cm³/mol. The minimum absolute atomic E-state index is 0.408. The van der Waals surface area contributed by atoms with E-state index in [0.717, 1.165) is 44.5 Å². The molecule has 6 heteroatoms. The number of aliphatic imine (C=N–C) groups is 1. The fraction of sp³-hybridized carbons (Fsp3) is 0.950. The number of hydrogen-bond donors (Lipinski definition) is 2. The van der Waals surface area contributed by atoms with Crippen molar-refractivity contribution < 1.29 is 4.74 Å². The molecule has 2 bridgehead atoms. The monoisotopic (exact) mass is 365 g/mol. The lowest BCUT2D eigenvalue weighted by atomic mass is 9.98. The van der Waals surface area contributed by atoms with Crippen molar-refractivity contribution in [3.8, 4) is 0 Å². The second kappa shape index (κ2) is 10.5. The summed E-state index contributed by atoms with van der Waals surface area (Å²) < 4.78 is 6.04. The van der Waals surface area contributed by atoms with Crippen LogP contribution in [0, 0.1) is 5.92 Å². The number of nitrogens with zero attached hydrogens (tertiary/aromatic N) is 3. The van der Waals surface area contributed by atoms with Gasteiger partial charge in [0.1, 0.15) is 0 Å². The zero-order chi connectivity index (χ0) is 18.2. The molecule has 2 unspecified atom stereocenters. The minimum Gasteiger partial charge on any atom is -0.378 e. The normalized spacial score (nSPS) is 30.5. The van der Waals surface area contributed by atoms with Gasteiger partial charge < -0.3 is 15.4 Å². The van der Waals surface area contributed by atoms with Crippen LogP contribution in [0.1, 0.15) is 46.0 Å². The molecule has 6 nitrogen and oxygen atoms in total. The van der Waals surface area contributed by atoms with Crippen LogP contribution in [0.3, 0.4) is 0 Å². The van der Waals surface area contributed by atoms with Gasteiger partial charge in [-0.2, -0.15) is 0 Å². The summed E-state index contributed by atoms with van der Waals surface area (Å²) in [6, 6.07) is 0.586. The number of hydrogen-bond acceptors (Lipinski definition) is 4. The Kier molecular flexibility index (Phi) is 8.02. The van der Waals surface area contributed by atoms with Crippen LogP contribution in [-0.2, 0) is 4.74 Å². The van der Waals surface area contributed by atoms with Crippen LogP contribution < -0.4 is 10.6 Å². The molecule has 4 fully saturated rings. The van der Waals surface area contributed by atoms with Gasteiger partial charge in [-0.05, 0) is 39.0 Å². The lowest BCUT2D eigenvalue weighted by Gasteiger charge is -2.47. The first-order valence-corrected chi connectivity index (χ1v) is 10.9. The summed E-state index contributed by atoms with van der Waals surface area (Å²) in [5.74, 6) is 1.72. The van der Waals surface area contributed by atoms with Crippen molar-refractivity contribution in [3.05, 3.63) is 0 Å². The Balaban J connectivity index is 1.44. The third kappa shape index (κ3) is 5.57. The molecule has 0 aromatic heterocycles. The van der Waals surface area contributed by atoms with E-state index in [4.69, 9.17) is 9.73 Å². The summed E-state index contributed by atoms with van der Waals surface area (Å²) >= 11 is 0. The van der Waals surface area contributed by atoms with Crippen LogP contribution in [0.5, 0.6) is 0 Å².